The van der Waals surface area contributed by atoms with E-state index >= 15 is 0 Å². The fraction of sp³-hybridized carbons (Fsp3) is 0.667. The number of benzene rings is 1. The lowest BCUT2D eigenvalue weighted by atomic mass is 9.81. The van der Waals surface area contributed by atoms with Crippen molar-refractivity contribution >= 4 is 27.5 Å². The first-order valence-corrected chi connectivity index (χ1v) is 13.6. The molecule has 1 aromatic rings. The number of rotatable bonds is 5. The van der Waals surface area contributed by atoms with Crippen LogP contribution in [0.4, 0.5) is 5.69 Å². The lowest BCUT2D eigenvalue weighted by Crippen LogP contribution is -2.39. The Kier molecular flexibility index (Phi) is 7.51. The Morgan fingerprint density at radius 1 is 1.00 bits per heavy atom. The Morgan fingerprint density at radius 2 is 1.72 bits per heavy atom. The summed E-state index contributed by atoms with van der Waals surface area (Å²) < 4.78 is 28.5. The van der Waals surface area contributed by atoms with Gasteiger partial charge in [-0.1, -0.05) is 12.8 Å². The number of hydrogen-bond acceptors (Lipinski definition) is 4. The van der Waals surface area contributed by atoms with Crippen LogP contribution in [0.5, 0.6) is 0 Å². The van der Waals surface area contributed by atoms with Crippen molar-refractivity contribution in [3.05, 3.63) is 23.8 Å². The van der Waals surface area contributed by atoms with Gasteiger partial charge in [0.1, 0.15) is 0 Å². The van der Waals surface area contributed by atoms with Crippen molar-refractivity contribution in [3.8, 4) is 0 Å². The molecular weight excluding hydrogens is 426 g/mol. The summed E-state index contributed by atoms with van der Waals surface area (Å²) in [6, 6.07) is 4.93. The molecule has 2 heterocycles. The maximum absolute atomic E-state index is 12.9. The average molecular weight is 462 g/mol. The van der Waals surface area contributed by atoms with Crippen LogP contribution in [0, 0.1) is 11.8 Å². The van der Waals surface area contributed by atoms with E-state index in [1.165, 1.54) is 12.8 Å². The molecule has 7 nitrogen and oxygen atoms in total. The predicted octanol–water partition coefficient (Wildman–Crippen LogP) is 3.45. The zero-order valence-electron chi connectivity index (χ0n) is 18.8. The standard InChI is InChI=1S/C24H35N3O4S/c28-23-7-5-6-20-16-21(12-13-22(20)26-23)32(30,31)25-17-18-8-10-19(11-9-18)24(29)27-14-3-1-2-4-15-27/h12-13,16,18-19,25H,1-11,14-15,17H2,(H,26,28). The van der Waals surface area contributed by atoms with Crippen molar-refractivity contribution in [1.29, 1.82) is 0 Å². The molecule has 2 amide bonds. The largest absolute Gasteiger partial charge is 0.342 e. The van der Waals surface area contributed by atoms with E-state index in [0.29, 0.717) is 31.0 Å². The zero-order valence-corrected chi connectivity index (χ0v) is 19.6. The average Bonchev–Trinajstić information content (AvgIpc) is 3.17. The third-order valence-electron chi connectivity index (χ3n) is 7.19. The van der Waals surface area contributed by atoms with E-state index in [-0.39, 0.29) is 22.6 Å². The van der Waals surface area contributed by atoms with Crippen molar-refractivity contribution in [1.82, 2.24) is 9.62 Å². The molecule has 4 rings (SSSR count). The number of amides is 2. The summed E-state index contributed by atoms with van der Waals surface area (Å²) in [7, 11) is -3.61. The first-order chi connectivity index (χ1) is 15.4. The number of nitrogens with one attached hydrogen (secondary N) is 2. The third-order valence-corrected chi connectivity index (χ3v) is 8.61. The van der Waals surface area contributed by atoms with Gasteiger partial charge in [-0.15, -0.1) is 0 Å². The molecule has 0 aromatic heterocycles. The number of carbonyl (C=O) groups excluding carboxylic acids is 2. The van der Waals surface area contributed by atoms with E-state index in [1.807, 2.05) is 0 Å². The highest BCUT2D eigenvalue weighted by molar-refractivity contribution is 7.89. The SMILES string of the molecule is O=C1CCCc2cc(S(=O)(=O)NCC3CCC(C(=O)N4CCCCCC4)CC3)ccc2N1. The van der Waals surface area contributed by atoms with Gasteiger partial charge in [0, 0.05) is 37.7 Å². The molecule has 8 heteroatoms. The number of nitrogens with zero attached hydrogens (tertiary/aromatic N) is 1. The third kappa shape index (κ3) is 5.70. The highest BCUT2D eigenvalue weighted by Gasteiger charge is 2.30. The number of fused-ring (bicyclic) bond motifs is 1. The number of carbonyl (C=O) groups is 2. The van der Waals surface area contributed by atoms with Gasteiger partial charge in [-0.25, -0.2) is 13.1 Å². The van der Waals surface area contributed by atoms with Crippen molar-refractivity contribution < 1.29 is 18.0 Å². The lowest BCUT2D eigenvalue weighted by Gasteiger charge is -2.31. The normalized spacial score (nSPS) is 24.8. The Balaban J connectivity index is 1.29. The summed E-state index contributed by atoms with van der Waals surface area (Å²) in [4.78, 5) is 26.9. The van der Waals surface area contributed by atoms with Crippen molar-refractivity contribution in [2.24, 2.45) is 11.8 Å². The first kappa shape index (κ1) is 23.2. The van der Waals surface area contributed by atoms with Gasteiger partial charge in [0.15, 0.2) is 0 Å². The van der Waals surface area contributed by atoms with Gasteiger partial charge in [0.2, 0.25) is 21.8 Å². The van der Waals surface area contributed by atoms with E-state index in [1.54, 1.807) is 18.2 Å². The van der Waals surface area contributed by atoms with Crippen molar-refractivity contribution in [3.63, 3.8) is 0 Å². The minimum absolute atomic E-state index is 0.0255. The van der Waals surface area contributed by atoms with Crippen LogP contribution in [0.15, 0.2) is 23.1 Å². The first-order valence-electron chi connectivity index (χ1n) is 12.1. The summed E-state index contributed by atoms with van der Waals surface area (Å²) >= 11 is 0. The molecule has 1 aliphatic carbocycles. The molecule has 1 aromatic carbocycles. The number of aryl methyl sites for hydroxylation is 1. The van der Waals surface area contributed by atoms with Gasteiger partial charge < -0.3 is 10.2 Å². The minimum Gasteiger partial charge on any atom is -0.342 e. The zero-order chi connectivity index (χ0) is 22.6. The van der Waals surface area contributed by atoms with E-state index in [9.17, 15) is 18.0 Å². The van der Waals surface area contributed by atoms with Crippen LogP contribution in [-0.4, -0.2) is 44.8 Å². The second-order valence-electron chi connectivity index (χ2n) is 9.53. The van der Waals surface area contributed by atoms with E-state index in [0.717, 1.165) is 63.6 Å². The molecule has 2 aliphatic heterocycles. The number of likely N-dealkylation sites (tertiary alicyclic amines) is 1. The van der Waals surface area contributed by atoms with E-state index in [4.69, 9.17) is 0 Å². The Hall–Kier alpha value is -1.93. The molecule has 1 saturated heterocycles. The maximum atomic E-state index is 12.9. The number of hydrogen-bond donors (Lipinski definition) is 2. The van der Waals surface area contributed by atoms with Crippen LogP contribution in [-0.2, 0) is 26.0 Å². The minimum atomic E-state index is -3.61. The summed E-state index contributed by atoms with van der Waals surface area (Å²) in [6.07, 6.45) is 9.97. The second kappa shape index (κ2) is 10.3. The monoisotopic (exact) mass is 461 g/mol. The van der Waals surface area contributed by atoms with Gasteiger partial charge in [-0.3, -0.25) is 9.59 Å². The molecule has 0 unspecified atom stereocenters. The molecular formula is C24H35N3O4S. The molecule has 2 fully saturated rings. The van der Waals surface area contributed by atoms with Crippen LogP contribution in [0.1, 0.15) is 69.8 Å². The van der Waals surface area contributed by atoms with Gasteiger partial charge in [0.25, 0.3) is 0 Å². The second-order valence-corrected chi connectivity index (χ2v) is 11.3. The Morgan fingerprint density at radius 3 is 2.44 bits per heavy atom. The van der Waals surface area contributed by atoms with Crippen LogP contribution >= 0.6 is 0 Å². The number of anilines is 1. The van der Waals surface area contributed by atoms with Crippen LogP contribution < -0.4 is 10.0 Å². The van der Waals surface area contributed by atoms with Gasteiger partial charge in [0.05, 0.1) is 4.90 Å². The molecule has 2 N–H and O–H groups in total. The topological polar surface area (TPSA) is 95.6 Å². The summed E-state index contributed by atoms with van der Waals surface area (Å²) in [6.45, 7) is 2.19. The van der Waals surface area contributed by atoms with Gasteiger partial charge >= 0.3 is 0 Å². The molecule has 0 spiro atoms. The fourth-order valence-corrected chi connectivity index (χ4v) is 6.36. The molecule has 0 atom stereocenters. The lowest BCUT2D eigenvalue weighted by molar-refractivity contribution is -0.136. The van der Waals surface area contributed by atoms with Gasteiger partial charge in [-0.05, 0) is 81.0 Å². The van der Waals surface area contributed by atoms with Crippen molar-refractivity contribution in [2.45, 2.75) is 75.5 Å². The van der Waals surface area contributed by atoms with E-state index in [2.05, 4.69) is 14.9 Å². The van der Waals surface area contributed by atoms with Crippen molar-refractivity contribution in [2.75, 3.05) is 25.0 Å². The van der Waals surface area contributed by atoms with Crippen LogP contribution in [0.2, 0.25) is 0 Å². The Labute approximate surface area is 191 Å². The molecule has 32 heavy (non-hydrogen) atoms. The molecule has 3 aliphatic rings. The highest BCUT2D eigenvalue weighted by Crippen LogP contribution is 2.31. The molecule has 0 bridgehead atoms. The van der Waals surface area contributed by atoms with Crippen LogP contribution in [0.25, 0.3) is 0 Å². The summed E-state index contributed by atoms with van der Waals surface area (Å²) in [5.74, 6) is 0.643. The maximum Gasteiger partial charge on any atom is 0.240 e. The number of sulfonamides is 1. The van der Waals surface area contributed by atoms with Crippen LogP contribution in [0.3, 0.4) is 0 Å². The summed E-state index contributed by atoms with van der Waals surface area (Å²) in [5.41, 5.74) is 1.57. The molecule has 176 valence electrons. The van der Waals surface area contributed by atoms with E-state index < -0.39 is 10.0 Å². The molecule has 0 radical (unpaired) electrons. The predicted molar refractivity (Wildman–Crippen MR) is 124 cm³/mol. The quantitative estimate of drug-likeness (QED) is 0.702. The summed E-state index contributed by atoms with van der Waals surface area (Å²) in [5, 5.41) is 2.84. The van der Waals surface area contributed by atoms with Gasteiger partial charge in [-0.2, -0.15) is 0 Å². The molecule has 1 saturated carbocycles. The highest BCUT2D eigenvalue weighted by atomic mass is 32.2. The Bertz CT molecular complexity index is 931. The smallest absolute Gasteiger partial charge is 0.240 e. The fourth-order valence-electron chi connectivity index (χ4n) is 5.19.